The molecule has 2 nitrogen and oxygen atoms in total. The summed E-state index contributed by atoms with van der Waals surface area (Å²) in [6.45, 7) is 6.28. The van der Waals surface area contributed by atoms with Gasteiger partial charge in [-0.1, -0.05) is 18.7 Å². The standard InChI is InChI=1S/C10H14N2/c1-7-3-4-9(5-10(7)12)8(2)6-11/h3-5H,2,6,11-12H2,1H3. The highest BCUT2D eigenvalue weighted by atomic mass is 14.6. The molecule has 0 aromatic heterocycles. The number of nitrogen functional groups attached to an aromatic ring is 1. The molecule has 0 radical (unpaired) electrons. The third-order valence-electron chi connectivity index (χ3n) is 1.93. The average molecular weight is 162 g/mol. The molecular weight excluding hydrogens is 148 g/mol. The quantitative estimate of drug-likeness (QED) is 0.648. The van der Waals surface area contributed by atoms with Crippen LogP contribution in [0.4, 0.5) is 5.69 Å². The third kappa shape index (κ3) is 1.66. The SMILES string of the molecule is C=C(CN)c1ccc(C)c(N)c1. The fraction of sp³-hybridized carbons (Fsp3) is 0.200. The van der Waals surface area contributed by atoms with Gasteiger partial charge in [0.1, 0.15) is 0 Å². The predicted octanol–water partition coefficient (Wildman–Crippen LogP) is 1.55. The number of aryl methyl sites for hydroxylation is 1. The fourth-order valence-corrected chi connectivity index (χ4v) is 0.978. The van der Waals surface area contributed by atoms with Crippen molar-refractivity contribution in [3.05, 3.63) is 35.9 Å². The largest absolute Gasteiger partial charge is 0.398 e. The second kappa shape index (κ2) is 3.41. The topological polar surface area (TPSA) is 52.0 Å². The first-order valence-electron chi connectivity index (χ1n) is 3.89. The van der Waals surface area contributed by atoms with Crippen LogP contribution in [0.5, 0.6) is 0 Å². The zero-order chi connectivity index (χ0) is 9.14. The summed E-state index contributed by atoms with van der Waals surface area (Å²) in [5.41, 5.74) is 15.0. The molecule has 0 aliphatic rings. The minimum absolute atomic E-state index is 0.475. The molecule has 1 aromatic carbocycles. The van der Waals surface area contributed by atoms with E-state index in [1.807, 2.05) is 25.1 Å². The maximum atomic E-state index is 5.73. The summed E-state index contributed by atoms with van der Waals surface area (Å²) in [6.07, 6.45) is 0. The van der Waals surface area contributed by atoms with Crippen LogP contribution in [0.3, 0.4) is 0 Å². The minimum atomic E-state index is 0.475. The van der Waals surface area contributed by atoms with E-state index in [0.717, 1.165) is 22.4 Å². The van der Waals surface area contributed by atoms with Gasteiger partial charge in [-0.15, -0.1) is 0 Å². The number of benzene rings is 1. The molecule has 0 bridgehead atoms. The zero-order valence-electron chi connectivity index (χ0n) is 7.30. The van der Waals surface area contributed by atoms with Gasteiger partial charge in [-0.3, -0.25) is 0 Å². The van der Waals surface area contributed by atoms with Gasteiger partial charge in [0.05, 0.1) is 0 Å². The van der Waals surface area contributed by atoms with Crippen LogP contribution in [0.2, 0.25) is 0 Å². The van der Waals surface area contributed by atoms with Crippen LogP contribution >= 0.6 is 0 Å². The molecule has 2 heteroatoms. The lowest BCUT2D eigenvalue weighted by molar-refractivity contribution is 1.27. The Morgan fingerprint density at radius 3 is 2.67 bits per heavy atom. The van der Waals surface area contributed by atoms with E-state index in [2.05, 4.69) is 6.58 Å². The molecule has 0 spiro atoms. The van der Waals surface area contributed by atoms with Crippen LogP contribution in [0, 0.1) is 6.92 Å². The molecule has 0 saturated heterocycles. The molecule has 1 aromatic rings. The van der Waals surface area contributed by atoms with Crippen LogP contribution in [0.1, 0.15) is 11.1 Å². The summed E-state index contributed by atoms with van der Waals surface area (Å²) in [5, 5.41) is 0. The Labute approximate surface area is 72.9 Å². The summed E-state index contributed by atoms with van der Waals surface area (Å²) < 4.78 is 0. The third-order valence-corrected chi connectivity index (χ3v) is 1.93. The van der Waals surface area contributed by atoms with Crippen molar-refractivity contribution >= 4 is 11.3 Å². The molecule has 0 saturated carbocycles. The van der Waals surface area contributed by atoms with Gasteiger partial charge in [-0.05, 0) is 29.7 Å². The number of nitrogens with two attached hydrogens (primary N) is 2. The molecule has 0 unspecified atom stereocenters. The van der Waals surface area contributed by atoms with Crippen LogP contribution < -0.4 is 11.5 Å². The van der Waals surface area contributed by atoms with Gasteiger partial charge in [0.25, 0.3) is 0 Å². The van der Waals surface area contributed by atoms with Crippen molar-refractivity contribution in [2.24, 2.45) is 5.73 Å². The smallest absolute Gasteiger partial charge is 0.0349 e. The Kier molecular flexibility index (Phi) is 2.51. The van der Waals surface area contributed by atoms with E-state index in [0.29, 0.717) is 6.54 Å². The monoisotopic (exact) mass is 162 g/mol. The second-order valence-electron chi connectivity index (χ2n) is 2.88. The Bertz CT molecular complexity index is 303. The molecule has 0 heterocycles. The average Bonchev–Trinajstić information content (AvgIpc) is 2.08. The first-order valence-corrected chi connectivity index (χ1v) is 3.89. The highest BCUT2D eigenvalue weighted by Crippen LogP contribution is 2.17. The van der Waals surface area contributed by atoms with Crippen molar-refractivity contribution in [3.63, 3.8) is 0 Å². The van der Waals surface area contributed by atoms with Gasteiger partial charge in [0.15, 0.2) is 0 Å². The van der Waals surface area contributed by atoms with Crippen LogP contribution in [0.25, 0.3) is 5.57 Å². The maximum absolute atomic E-state index is 5.73. The second-order valence-corrected chi connectivity index (χ2v) is 2.88. The Morgan fingerprint density at radius 2 is 2.17 bits per heavy atom. The molecule has 0 aliphatic carbocycles. The van der Waals surface area contributed by atoms with Crippen molar-refractivity contribution in [1.82, 2.24) is 0 Å². The molecule has 4 N–H and O–H groups in total. The number of hydrogen-bond acceptors (Lipinski definition) is 2. The van der Waals surface area contributed by atoms with Crippen molar-refractivity contribution in [1.29, 1.82) is 0 Å². The highest BCUT2D eigenvalue weighted by Gasteiger charge is 1.98. The first kappa shape index (κ1) is 8.81. The predicted molar refractivity (Wildman–Crippen MR) is 53.7 cm³/mol. The number of anilines is 1. The molecule has 12 heavy (non-hydrogen) atoms. The number of hydrogen-bond donors (Lipinski definition) is 2. The molecule has 0 atom stereocenters. The Morgan fingerprint density at radius 1 is 1.50 bits per heavy atom. The van der Waals surface area contributed by atoms with Crippen molar-refractivity contribution in [3.8, 4) is 0 Å². The van der Waals surface area contributed by atoms with E-state index in [9.17, 15) is 0 Å². The van der Waals surface area contributed by atoms with Crippen LogP contribution in [0.15, 0.2) is 24.8 Å². The van der Waals surface area contributed by atoms with Crippen LogP contribution in [-0.2, 0) is 0 Å². The van der Waals surface area contributed by atoms with Crippen molar-refractivity contribution in [2.45, 2.75) is 6.92 Å². The van der Waals surface area contributed by atoms with Crippen molar-refractivity contribution < 1.29 is 0 Å². The summed E-state index contributed by atoms with van der Waals surface area (Å²) in [6, 6.07) is 5.87. The molecule has 0 amide bonds. The molecule has 0 aliphatic heterocycles. The van der Waals surface area contributed by atoms with Gasteiger partial charge in [0.2, 0.25) is 0 Å². The summed E-state index contributed by atoms with van der Waals surface area (Å²) in [7, 11) is 0. The normalized spacial score (nSPS) is 9.83. The van der Waals surface area contributed by atoms with E-state index in [1.54, 1.807) is 0 Å². The van der Waals surface area contributed by atoms with Gasteiger partial charge < -0.3 is 11.5 Å². The molecular formula is C10H14N2. The lowest BCUT2D eigenvalue weighted by Gasteiger charge is -2.05. The minimum Gasteiger partial charge on any atom is -0.398 e. The Hall–Kier alpha value is -1.28. The van der Waals surface area contributed by atoms with E-state index in [1.165, 1.54) is 0 Å². The molecule has 1 rings (SSSR count). The van der Waals surface area contributed by atoms with Crippen LogP contribution in [-0.4, -0.2) is 6.54 Å². The fourth-order valence-electron chi connectivity index (χ4n) is 0.978. The summed E-state index contributed by atoms with van der Waals surface area (Å²) >= 11 is 0. The van der Waals surface area contributed by atoms with Crippen molar-refractivity contribution in [2.75, 3.05) is 12.3 Å². The lowest BCUT2D eigenvalue weighted by Crippen LogP contribution is -2.01. The van der Waals surface area contributed by atoms with E-state index < -0.39 is 0 Å². The molecule has 0 fully saturated rings. The zero-order valence-corrected chi connectivity index (χ0v) is 7.30. The van der Waals surface area contributed by atoms with E-state index >= 15 is 0 Å². The van der Waals surface area contributed by atoms with Gasteiger partial charge in [-0.2, -0.15) is 0 Å². The summed E-state index contributed by atoms with van der Waals surface area (Å²) in [4.78, 5) is 0. The van der Waals surface area contributed by atoms with Gasteiger partial charge >= 0.3 is 0 Å². The Balaban J connectivity index is 3.05. The van der Waals surface area contributed by atoms with Gasteiger partial charge in [-0.25, -0.2) is 0 Å². The maximum Gasteiger partial charge on any atom is 0.0349 e. The first-order chi connectivity index (χ1) is 5.65. The number of rotatable bonds is 2. The highest BCUT2D eigenvalue weighted by molar-refractivity contribution is 5.68. The lowest BCUT2D eigenvalue weighted by atomic mass is 10.0. The molecule has 64 valence electrons. The van der Waals surface area contributed by atoms with Gasteiger partial charge in [0, 0.05) is 12.2 Å². The van der Waals surface area contributed by atoms with E-state index in [-0.39, 0.29) is 0 Å². The summed E-state index contributed by atoms with van der Waals surface area (Å²) in [5.74, 6) is 0. The van der Waals surface area contributed by atoms with E-state index in [4.69, 9.17) is 11.5 Å².